The van der Waals surface area contributed by atoms with Crippen molar-refractivity contribution in [2.45, 2.75) is 40.5 Å². The first kappa shape index (κ1) is 13.9. The van der Waals surface area contributed by atoms with Gasteiger partial charge in [-0.05, 0) is 36.3 Å². The average molecular weight is 256 g/mol. The Balaban J connectivity index is 2.33. The van der Waals surface area contributed by atoms with Gasteiger partial charge in [0.25, 0.3) is 0 Å². The minimum atomic E-state index is 0.0697. The van der Waals surface area contributed by atoms with Crippen molar-refractivity contribution in [1.82, 2.24) is 0 Å². The maximum atomic E-state index is 9.27. The lowest BCUT2D eigenvalue weighted by Gasteiger charge is -2.43. The summed E-state index contributed by atoms with van der Waals surface area (Å²) < 4.78 is 0. The van der Waals surface area contributed by atoms with Gasteiger partial charge >= 0.3 is 0 Å². The van der Waals surface area contributed by atoms with Crippen LogP contribution in [0.4, 0.5) is 5.69 Å². The van der Waals surface area contributed by atoms with Crippen molar-refractivity contribution in [2.75, 3.05) is 18.0 Å². The minimum Gasteiger partial charge on any atom is -0.370 e. The van der Waals surface area contributed by atoms with Crippen LogP contribution in [0.1, 0.15) is 38.3 Å². The van der Waals surface area contributed by atoms with Crippen LogP contribution in [-0.4, -0.2) is 13.1 Å². The molecule has 1 aromatic rings. The number of anilines is 1. The molecule has 1 unspecified atom stereocenters. The molecule has 2 heteroatoms. The van der Waals surface area contributed by atoms with Gasteiger partial charge in [0.05, 0.1) is 12.0 Å². The Morgan fingerprint density at radius 3 is 2.74 bits per heavy atom. The molecular formula is C17H24N2. The van der Waals surface area contributed by atoms with Crippen molar-refractivity contribution < 1.29 is 0 Å². The highest BCUT2D eigenvalue weighted by molar-refractivity contribution is 5.60. The molecule has 1 aliphatic rings. The van der Waals surface area contributed by atoms with E-state index in [4.69, 9.17) is 0 Å². The third kappa shape index (κ3) is 2.61. The first-order chi connectivity index (χ1) is 8.99. The Kier molecular flexibility index (Phi) is 3.85. The average Bonchev–Trinajstić information content (AvgIpc) is 2.37. The smallest absolute Gasteiger partial charge is 0.0662 e. The Morgan fingerprint density at radius 1 is 1.42 bits per heavy atom. The van der Waals surface area contributed by atoms with Crippen LogP contribution in [0.25, 0.3) is 0 Å². The standard InChI is InChI=1S/C17H24N2/c1-5-14-8-6-7-13(2)16(14)19-10-9-15(11-18)17(3,4)12-19/h6-8,15H,5,9-10,12H2,1-4H3. The summed E-state index contributed by atoms with van der Waals surface area (Å²) >= 11 is 0. The molecule has 1 aliphatic heterocycles. The van der Waals surface area contributed by atoms with E-state index in [0.29, 0.717) is 0 Å². The molecule has 0 amide bonds. The highest BCUT2D eigenvalue weighted by atomic mass is 15.1. The summed E-state index contributed by atoms with van der Waals surface area (Å²) in [4.78, 5) is 2.49. The van der Waals surface area contributed by atoms with Crippen LogP contribution >= 0.6 is 0 Å². The Bertz CT molecular complexity index is 496. The summed E-state index contributed by atoms with van der Waals surface area (Å²) in [6.07, 6.45) is 2.04. The van der Waals surface area contributed by atoms with Crippen LogP contribution in [0.3, 0.4) is 0 Å². The minimum absolute atomic E-state index is 0.0697. The topological polar surface area (TPSA) is 27.0 Å². The molecule has 2 rings (SSSR count). The second kappa shape index (κ2) is 5.25. The van der Waals surface area contributed by atoms with Gasteiger partial charge in [-0.15, -0.1) is 0 Å². The number of hydrogen-bond donors (Lipinski definition) is 0. The number of piperidine rings is 1. The highest BCUT2D eigenvalue weighted by Gasteiger charge is 2.36. The van der Waals surface area contributed by atoms with Crippen LogP contribution in [0.5, 0.6) is 0 Å². The van der Waals surface area contributed by atoms with Crippen molar-refractivity contribution >= 4 is 5.69 Å². The predicted molar refractivity (Wildman–Crippen MR) is 80.3 cm³/mol. The van der Waals surface area contributed by atoms with Crippen molar-refractivity contribution in [3.63, 3.8) is 0 Å². The van der Waals surface area contributed by atoms with Gasteiger partial charge in [-0.3, -0.25) is 0 Å². The number of aryl methyl sites for hydroxylation is 2. The maximum Gasteiger partial charge on any atom is 0.0662 e. The molecule has 2 nitrogen and oxygen atoms in total. The summed E-state index contributed by atoms with van der Waals surface area (Å²) in [5, 5.41) is 9.27. The van der Waals surface area contributed by atoms with E-state index in [1.54, 1.807) is 0 Å². The molecule has 0 aliphatic carbocycles. The van der Waals surface area contributed by atoms with Gasteiger partial charge in [0.1, 0.15) is 0 Å². The number of rotatable bonds is 2. The van der Waals surface area contributed by atoms with E-state index in [2.05, 4.69) is 56.9 Å². The van der Waals surface area contributed by atoms with Crippen LogP contribution in [0, 0.1) is 29.6 Å². The molecular weight excluding hydrogens is 232 g/mol. The van der Waals surface area contributed by atoms with Gasteiger partial charge in [0.2, 0.25) is 0 Å². The Labute approximate surface area is 117 Å². The zero-order chi connectivity index (χ0) is 14.0. The number of hydrogen-bond acceptors (Lipinski definition) is 2. The summed E-state index contributed by atoms with van der Waals surface area (Å²) in [5.41, 5.74) is 4.24. The normalized spacial score (nSPS) is 22.1. The van der Waals surface area contributed by atoms with E-state index in [0.717, 1.165) is 25.9 Å². The largest absolute Gasteiger partial charge is 0.370 e. The summed E-state index contributed by atoms with van der Waals surface area (Å²) in [6.45, 7) is 10.8. The van der Waals surface area contributed by atoms with Gasteiger partial charge in [-0.25, -0.2) is 0 Å². The summed E-state index contributed by atoms with van der Waals surface area (Å²) in [6, 6.07) is 9.05. The second-order valence-corrected chi connectivity index (χ2v) is 6.32. The highest BCUT2D eigenvalue weighted by Crippen LogP contribution is 2.38. The van der Waals surface area contributed by atoms with Crippen LogP contribution in [0.2, 0.25) is 0 Å². The first-order valence-corrected chi connectivity index (χ1v) is 7.22. The Hall–Kier alpha value is -1.49. The maximum absolute atomic E-state index is 9.27. The SMILES string of the molecule is CCc1cccc(C)c1N1CCC(C#N)C(C)(C)C1. The molecule has 0 radical (unpaired) electrons. The van der Waals surface area contributed by atoms with Crippen molar-refractivity contribution in [3.8, 4) is 6.07 Å². The number of nitrogens with zero attached hydrogens (tertiary/aromatic N) is 2. The Morgan fingerprint density at radius 2 is 2.16 bits per heavy atom. The predicted octanol–water partition coefficient (Wildman–Crippen LogP) is 3.93. The third-order valence-corrected chi connectivity index (χ3v) is 4.40. The number of nitriles is 1. The lowest BCUT2D eigenvalue weighted by molar-refractivity contribution is 0.225. The molecule has 19 heavy (non-hydrogen) atoms. The lowest BCUT2D eigenvalue weighted by atomic mass is 9.74. The lowest BCUT2D eigenvalue weighted by Crippen LogP contribution is -2.46. The molecule has 0 aromatic heterocycles. The molecule has 1 heterocycles. The number of benzene rings is 1. The van der Waals surface area contributed by atoms with E-state index in [1.807, 2.05) is 0 Å². The second-order valence-electron chi connectivity index (χ2n) is 6.32. The van der Waals surface area contributed by atoms with E-state index in [1.165, 1.54) is 16.8 Å². The van der Waals surface area contributed by atoms with Crippen LogP contribution < -0.4 is 4.90 Å². The molecule has 1 atom stereocenters. The van der Waals surface area contributed by atoms with Crippen LogP contribution in [-0.2, 0) is 6.42 Å². The van der Waals surface area contributed by atoms with Gasteiger partial charge in [-0.2, -0.15) is 5.26 Å². The molecule has 0 N–H and O–H groups in total. The van der Waals surface area contributed by atoms with Gasteiger partial charge in [0, 0.05) is 18.8 Å². The molecule has 0 spiro atoms. The van der Waals surface area contributed by atoms with Crippen molar-refractivity contribution in [3.05, 3.63) is 29.3 Å². The van der Waals surface area contributed by atoms with Crippen molar-refractivity contribution in [2.24, 2.45) is 11.3 Å². The zero-order valence-electron chi connectivity index (χ0n) is 12.5. The number of para-hydroxylation sites is 1. The summed E-state index contributed by atoms with van der Waals surface area (Å²) in [5.74, 6) is 0.179. The molecule has 1 aromatic carbocycles. The zero-order valence-corrected chi connectivity index (χ0v) is 12.5. The van der Waals surface area contributed by atoms with Crippen LogP contribution in [0.15, 0.2) is 18.2 Å². The van der Waals surface area contributed by atoms with E-state index in [9.17, 15) is 5.26 Å². The fourth-order valence-corrected chi connectivity index (χ4v) is 3.24. The van der Waals surface area contributed by atoms with Gasteiger partial charge < -0.3 is 4.90 Å². The molecule has 0 saturated carbocycles. The summed E-state index contributed by atoms with van der Waals surface area (Å²) in [7, 11) is 0. The monoisotopic (exact) mass is 256 g/mol. The molecule has 1 fully saturated rings. The molecule has 1 saturated heterocycles. The fraction of sp³-hybridized carbons (Fsp3) is 0.588. The van der Waals surface area contributed by atoms with E-state index < -0.39 is 0 Å². The molecule has 102 valence electrons. The van der Waals surface area contributed by atoms with Crippen molar-refractivity contribution in [1.29, 1.82) is 5.26 Å². The van der Waals surface area contributed by atoms with Gasteiger partial charge in [-0.1, -0.05) is 39.0 Å². The molecule has 0 bridgehead atoms. The fourth-order valence-electron chi connectivity index (χ4n) is 3.24. The van der Waals surface area contributed by atoms with E-state index >= 15 is 0 Å². The van der Waals surface area contributed by atoms with E-state index in [-0.39, 0.29) is 11.3 Å². The quantitative estimate of drug-likeness (QED) is 0.801. The third-order valence-electron chi connectivity index (χ3n) is 4.40. The first-order valence-electron chi connectivity index (χ1n) is 7.22. The van der Waals surface area contributed by atoms with Gasteiger partial charge in [0.15, 0.2) is 0 Å².